The summed E-state index contributed by atoms with van der Waals surface area (Å²) in [6.45, 7) is 3.82. The van der Waals surface area contributed by atoms with Crippen molar-refractivity contribution in [3.8, 4) is 0 Å². The van der Waals surface area contributed by atoms with Crippen LogP contribution in [0.15, 0.2) is 46.0 Å². The Labute approximate surface area is 194 Å². The van der Waals surface area contributed by atoms with Gasteiger partial charge in [0.25, 0.3) is 12.2 Å². The Morgan fingerprint density at radius 1 is 1.25 bits per heavy atom. The number of aliphatic hydroxyl groups excluding tert-OH is 2. The zero-order valence-electron chi connectivity index (χ0n) is 17.8. The Kier molecular flexibility index (Phi) is 6.96. The van der Waals surface area contributed by atoms with Crippen LogP contribution in [0.2, 0.25) is 0 Å². The minimum Gasteiger partial charge on any atom is -0.394 e. The lowest BCUT2D eigenvalue weighted by Crippen LogP contribution is -2.94. The Morgan fingerprint density at radius 2 is 1.97 bits per heavy atom. The molecular weight excluding hydrogens is 484 g/mol. The van der Waals surface area contributed by atoms with Crippen LogP contribution in [-0.2, 0) is 14.2 Å². The second-order valence-electron chi connectivity index (χ2n) is 8.21. The molecule has 2 saturated heterocycles. The number of nitrogens with one attached hydrogen (secondary N) is 1. The maximum Gasteiger partial charge on any atom is 0.264 e. The number of carbonyl (C=O) groups is 1. The number of carbonyl (C=O) groups excluding carboxylic acids is 1. The summed E-state index contributed by atoms with van der Waals surface area (Å²) >= 11 is 3.36. The van der Waals surface area contributed by atoms with Crippen LogP contribution in [-0.4, -0.2) is 83.2 Å². The fraction of sp³-hybridized carbons (Fsp3) is 0.524. The largest absolute Gasteiger partial charge is 0.394 e. The number of aliphatic imine (C=N–C) groups is 1. The molecule has 174 valence electrons. The van der Waals surface area contributed by atoms with Crippen LogP contribution in [0.4, 0.5) is 0 Å². The number of ether oxygens (including phenoxy) is 3. The molecule has 10 nitrogen and oxygen atoms in total. The van der Waals surface area contributed by atoms with Gasteiger partial charge >= 0.3 is 0 Å². The Bertz CT molecular complexity index is 893. The summed E-state index contributed by atoms with van der Waals surface area (Å²) in [6, 6.07) is 7.02. The zero-order valence-corrected chi connectivity index (χ0v) is 19.4. The second kappa shape index (κ2) is 9.56. The molecule has 1 unspecified atom stereocenters. The summed E-state index contributed by atoms with van der Waals surface area (Å²) in [7, 11) is 0. The molecule has 4 rings (SSSR count). The number of amidine groups is 1. The number of nitrogens with zero attached hydrogens (tertiary/aromatic N) is 2. The predicted molar refractivity (Wildman–Crippen MR) is 117 cm³/mol. The Morgan fingerprint density at radius 3 is 2.66 bits per heavy atom. The lowest BCUT2D eigenvalue weighted by molar-refractivity contribution is -0.709. The highest BCUT2D eigenvalue weighted by Gasteiger charge is 2.57. The summed E-state index contributed by atoms with van der Waals surface area (Å²) in [6.07, 6.45) is 1.04. The summed E-state index contributed by atoms with van der Waals surface area (Å²) in [5, 5.41) is 23.7. The SMILES string of the molecule is CC1(C)O[C@@H]2[C@H](O1)[C@@H](CO)O[C@H]2N1C=CC(NC(=O)c2ccc(Br)cc2)=NC1[NH2+]CCO. The zero-order chi connectivity index (χ0) is 22.9. The van der Waals surface area contributed by atoms with E-state index in [1.807, 2.05) is 24.1 Å². The van der Waals surface area contributed by atoms with Crippen LogP contribution in [0.25, 0.3) is 0 Å². The maximum absolute atomic E-state index is 12.6. The number of nitrogens with two attached hydrogens (primary N) is 1. The molecule has 3 heterocycles. The lowest BCUT2D eigenvalue weighted by atomic mass is 10.1. The second-order valence-corrected chi connectivity index (χ2v) is 9.13. The van der Waals surface area contributed by atoms with Crippen molar-refractivity contribution in [1.29, 1.82) is 0 Å². The normalized spacial score (nSPS) is 30.8. The lowest BCUT2D eigenvalue weighted by Gasteiger charge is -2.35. The molecular formula is C21H28BrN4O6+. The number of aliphatic hydroxyl groups is 2. The van der Waals surface area contributed by atoms with Crippen molar-refractivity contribution < 1.29 is 34.5 Å². The van der Waals surface area contributed by atoms with Crippen molar-refractivity contribution in [3.63, 3.8) is 0 Å². The number of fused-ring (bicyclic) bond motifs is 1. The quantitative estimate of drug-likeness (QED) is 0.404. The molecule has 11 heteroatoms. The molecule has 1 aromatic carbocycles. The average molecular weight is 512 g/mol. The molecule has 0 aromatic heterocycles. The summed E-state index contributed by atoms with van der Waals surface area (Å²) < 4.78 is 18.9. The number of hydrogen-bond donors (Lipinski definition) is 4. The standard InChI is InChI=1S/C21H27BrN4O6/c1-21(2)31-16-14(11-28)30-19(17(16)32-21)26-9-7-15(25-20(26)23-8-10-27)24-18(29)12-3-5-13(22)6-4-12/h3-7,9,14,16-17,19-20,23,27-28H,8,10-11H2,1-2H3,(H,24,25,29)/p+1/t14-,16-,17-,19-,20?/m1/s1. The maximum atomic E-state index is 12.6. The third-order valence-electron chi connectivity index (χ3n) is 5.44. The van der Waals surface area contributed by atoms with E-state index in [9.17, 15) is 15.0 Å². The highest BCUT2D eigenvalue weighted by molar-refractivity contribution is 9.10. The molecule has 5 atom stereocenters. The van der Waals surface area contributed by atoms with Gasteiger partial charge in [0, 0.05) is 16.2 Å². The van der Waals surface area contributed by atoms with Crippen LogP contribution in [0.3, 0.4) is 0 Å². The van der Waals surface area contributed by atoms with Crippen LogP contribution in [0.5, 0.6) is 0 Å². The topological polar surface area (TPSA) is 129 Å². The van der Waals surface area contributed by atoms with E-state index < -0.39 is 36.6 Å². The van der Waals surface area contributed by atoms with Crippen molar-refractivity contribution in [2.75, 3.05) is 19.8 Å². The van der Waals surface area contributed by atoms with Crippen molar-refractivity contribution in [2.45, 2.75) is 50.5 Å². The number of hydrogen-bond acceptors (Lipinski definition) is 8. The van der Waals surface area contributed by atoms with Gasteiger partial charge in [-0.2, -0.15) is 4.99 Å². The van der Waals surface area contributed by atoms with E-state index in [1.54, 1.807) is 36.5 Å². The third-order valence-corrected chi connectivity index (χ3v) is 5.96. The first kappa shape index (κ1) is 23.3. The molecule has 1 aromatic rings. The number of benzene rings is 1. The molecule has 3 aliphatic rings. The first-order valence-electron chi connectivity index (χ1n) is 10.5. The summed E-state index contributed by atoms with van der Waals surface area (Å²) in [5.41, 5.74) is 0.508. The average Bonchev–Trinajstić information content (AvgIpc) is 3.25. The van der Waals surface area contributed by atoms with E-state index in [0.717, 1.165) is 4.47 Å². The van der Waals surface area contributed by atoms with Gasteiger partial charge in [-0.3, -0.25) is 9.69 Å². The van der Waals surface area contributed by atoms with Crippen molar-refractivity contribution in [2.24, 2.45) is 4.99 Å². The number of quaternary nitrogens is 1. The first-order valence-corrected chi connectivity index (χ1v) is 11.3. The van der Waals surface area contributed by atoms with Gasteiger partial charge in [-0.25, -0.2) is 0 Å². The molecule has 5 N–H and O–H groups in total. The number of amides is 1. The molecule has 1 amide bonds. The fourth-order valence-electron chi connectivity index (χ4n) is 4.04. The van der Waals surface area contributed by atoms with Gasteiger partial charge in [-0.15, -0.1) is 0 Å². The molecule has 0 radical (unpaired) electrons. The van der Waals surface area contributed by atoms with Gasteiger partial charge in [0.1, 0.15) is 30.7 Å². The molecule has 2 fully saturated rings. The highest BCUT2D eigenvalue weighted by atomic mass is 79.9. The van der Waals surface area contributed by atoms with Crippen LogP contribution in [0.1, 0.15) is 24.2 Å². The molecule has 0 saturated carbocycles. The van der Waals surface area contributed by atoms with Crippen molar-refractivity contribution >= 4 is 27.7 Å². The van der Waals surface area contributed by atoms with E-state index in [4.69, 9.17) is 14.2 Å². The monoisotopic (exact) mass is 511 g/mol. The summed E-state index contributed by atoms with van der Waals surface area (Å²) in [4.78, 5) is 19.1. The van der Waals surface area contributed by atoms with Crippen LogP contribution < -0.4 is 10.6 Å². The van der Waals surface area contributed by atoms with Crippen LogP contribution >= 0.6 is 15.9 Å². The molecule has 0 spiro atoms. The van der Waals surface area contributed by atoms with Gasteiger partial charge in [0.15, 0.2) is 12.0 Å². The predicted octanol–water partition coefficient (Wildman–Crippen LogP) is -0.517. The fourth-order valence-corrected chi connectivity index (χ4v) is 4.30. The van der Waals surface area contributed by atoms with E-state index >= 15 is 0 Å². The minimum absolute atomic E-state index is 0.0341. The molecule has 0 aliphatic carbocycles. The Balaban J connectivity index is 1.51. The van der Waals surface area contributed by atoms with Gasteiger partial charge in [-0.1, -0.05) is 15.9 Å². The molecule has 32 heavy (non-hydrogen) atoms. The van der Waals surface area contributed by atoms with Crippen molar-refractivity contribution in [1.82, 2.24) is 10.2 Å². The van der Waals surface area contributed by atoms with Gasteiger partial charge in [0.05, 0.1) is 13.2 Å². The van der Waals surface area contributed by atoms with Crippen molar-refractivity contribution in [3.05, 3.63) is 46.6 Å². The Hall–Kier alpha value is -1.86. The minimum atomic E-state index is -0.790. The van der Waals surface area contributed by atoms with E-state index in [-0.39, 0.29) is 19.1 Å². The first-order chi connectivity index (χ1) is 15.3. The number of halogens is 1. The smallest absolute Gasteiger partial charge is 0.264 e. The highest BCUT2D eigenvalue weighted by Crippen LogP contribution is 2.40. The van der Waals surface area contributed by atoms with Gasteiger partial charge in [0.2, 0.25) is 0 Å². The van der Waals surface area contributed by atoms with Gasteiger partial charge in [-0.05, 0) is 44.2 Å². The summed E-state index contributed by atoms with van der Waals surface area (Å²) in [5.74, 6) is -0.672. The van der Waals surface area contributed by atoms with E-state index in [0.29, 0.717) is 17.9 Å². The molecule has 3 aliphatic heterocycles. The number of rotatable bonds is 6. The van der Waals surface area contributed by atoms with E-state index in [1.165, 1.54) is 0 Å². The van der Waals surface area contributed by atoms with E-state index in [2.05, 4.69) is 26.2 Å². The van der Waals surface area contributed by atoms with Crippen LogP contribution in [0, 0.1) is 0 Å². The van der Waals surface area contributed by atoms with Gasteiger partial charge < -0.3 is 35.1 Å². The third kappa shape index (κ3) is 4.88. The molecule has 0 bridgehead atoms.